The molecule has 2 aromatic rings. The van der Waals surface area contributed by atoms with Crippen LogP contribution in [0.4, 0.5) is 0 Å². The Morgan fingerprint density at radius 3 is 2.87 bits per heavy atom. The van der Waals surface area contributed by atoms with Crippen LogP contribution in [0.25, 0.3) is 11.3 Å². The Bertz CT molecular complexity index is 500. The van der Waals surface area contributed by atoms with Gasteiger partial charge in [-0.1, -0.05) is 13.8 Å². The number of hydrogen-bond donors (Lipinski definition) is 1. The monoisotopic (exact) mass is 220 g/mol. The van der Waals surface area contributed by atoms with Crippen molar-refractivity contribution in [1.82, 2.24) is 9.97 Å². The Morgan fingerprint density at radius 1 is 1.47 bits per heavy atom. The molecule has 0 radical (unpaired) electrons. The molecule has 0 saturated heterocycles. The Morgan fingerprint density at radius 2 is 2.27 bits per heavy atom. The van der Waals surface area contributed by atoms with Crippen LogP contribution in [0.5, 0.6) is 0 Å². The first-order valence-electron chi connectivity index (χ1n) is 4.80. The van der Waals surface area contributed by atoms with Crippen LogP contribution >= 0.6 is 11.3 Å². The number of aromatic amines is 1. The Hall–Kier alpha value is -1.42. The summed E-state index contributed by atoms with van der Waals surface area (Å²) in [5.41, 5.74) is 2.54. The van der Waals surface area contributed by atoms with Crippen LogP contribution in [-0.4, -0.2) is 9.97 Å². The van der Waals surface area contributed by atoms with Gasteiger partial charge in [0.2, 0.25) is 0 Å². The fourth-order valence-electron chi connectivity index (χ4n) is 1.58. The number of aromatic nitrogens is 2. The van der Waals surface area contributed by atoms with E-state index in [0.717, 1.165) is 16.8 Å². The lowest BCUT2D eigenvalue weighted by Crippen LogP contribution is -2.15. The van der Waals surface area contributed by atoms with Crippen LogP contribution in [0.1, 0.15) is 25.3 Å². The van der Waals surface area contributed by atoms with E-state index >= 15 is 0 Å². The minimum absolute atomic E-state index is 0.0406. The van der Waals surface area contributed by atoms with Gasteiger partial charge in [0, 0.05) is 16.5 Å². The van der Waals surface area contributed by atoms with E-state index in [1.807, 2.05) is 30.7 Å². The van der Waals surface area contributed by atoms with E-state index in [9.17, 15) is 4.79 Å². The molecule has 0 unspecified atom stereocenters. The second kappa shape index (κ2) is 3.98. The van der Waals surface area contributed by atoms with E-state index < -0.39 is 0 Å². The zero-order valence-electron chi connectivity index (χ0n) is 8.65. The van der Waals surface area contributed by atoms with E-state index in [2.05, 4.69) is 9.97 Å². The molecule has 0 aliphatic carbocycles. The molecule has 0 aliphatic rings. The first-order valence-corrected chi connectivity index (χ1v) is 5.74. The molecule has 0 saturated carbocycles. The van der Waals surface area contributed by atoms with Gasteiger partial charge in [-0.15, -0.1) is 0 Å². The van der Waals surface area contributed by atoms with Crippen molar-refractivity contribution < 1.29 is 0 Å². The molecule has 2 heterocycles. The predicted octanol–water partition coefficient (Wildman–Crippen LogP) is 2.62. The number of nitrogens with zero attached hydrogens (tertiary/aromatic N) is 1. The van der Waals surface area contributed by atoms with E-state index in [4.69, 9.17) is 0 Å². The van der Waals surface area contributed by atoms with Gasteiger partial charge in [-0.2, -0.15) is 11.3 Å². The fraction of sp³-hybridized carbons (Fsp3) is 0.273. The van der Waals surface area contributed by atoms with Crippen LogP contribution in [0.15, 0.2) is 27.9 Å². The van der Waals surface area contributed by atoms with Crippen LogP contribution in [0, 0.1) is 0 Å². The highest BCUT2D eigenvalue weighted by Gasteiger charge is 2.13. The molecule has 4 heteroatoms. The molecular weight excluding hydrogens is 208 g/mol. The van der Waals surface area contributed by atoms with Gasteiger partial charge in [-0.25, -0.2) is 4.98 Å². The van der Waals surface area contributed by atoms with E-state index in [-0.39, 0.29) is 11.5 Å². The molecule has 2 rings (SSSR count). The van der Waals surface area contributed by atoms with Crippen molar-refractivity contribution in [1.29, 1.82) is 0 Å². The van der Waals surface area contributed by atoms with Crippen LogP contribution in [-0.2, 0) is 0 Å². The van der Waals surface area contributed by atoms with E-state index in [1.165, 1.54) is 6.33 Å². The molecule has 1 N–H and O–H groups in total. The Kier molecular flexibility index (Phi) is 2.68. The number of nitrogens with one attached hydrogen (secondary N) is 1. The van der Waals surface area contributed by atoms with E-state index in [0.29, 0.717) is 0 Å². The van der Waals surface area contributed by atoms with Crippen molar-refractivity contribution in [2.24, 2.45) is 0 Å². The molecule has 0 amide bonds. The van der Waals surface area contributed by atoms with Gasteiger partial charge in [0.15, 0.2) is 0 Å². The van der Waals surface area contributed by atoms with Gasteiger partial charge in [0.1, 0.15) is 0 Å². The van der Waals surface area contributed by atoms with E-state index in [1.54, 1.807) is 11.3 Å². The summed E-state index contributed by atoms with van der Waals surface area (Å²) in [7, 11) is 0. The maximum atomic E-state index is 11.7. The lowest BCUT2D eigenvalue weighted by atomic mass is 10.0. The SMILES string of the molecule is CC(C)c1c(-c2ccsc2)nc[nH]c1=O. The normalized spacial score (nSPS) is 10.9. The molecule has 0 fully saturated rings. The molecule has 3 nitrogen and oxygen atoms in total. The van der Waals surface area contributed by atoms with Crippen molar-refractivity contribution in [3.05, 3.63) is 39.1 Å². The summed E-state index contributed by atoms with van der Waals surface area (Å²) < 4.78 is 0. The standard InChI is InChI=1S/C11H12N2OS/c1-7(2)9-10(8-3-4-15-5-8)12-6-13-11(9)14/h3-7H,1-2H3,(H,12,13,14). The van der Waals surface area contributed by atoms with Crippen molar-refractivity contribution >= 4 is 11.3 Å². The van der Waals surface area contributed by atoms with Crippen molar-refractivity contribution in [2.45, 2.75) is 19.8 Å². The summed E-state index contributed by atoms with van der Waals surface area (Å²) in [4.78, 5) is 18.6. The average Bonchev–Trinajstić information content (AvgIpc) is 2.69. The number of hydrogen-bond acceptors (Lipinski definition) is 3. The van der Waals surface area contributed by atoms with Gasteiger partial charge < -0.3 is 4.98 Å². The van der Waals surface area contributed by atoms with Gasteiger partial charge in [0.25, 0.3) is 5.56 Å². The van der Waals surface area contributed by atoms with Gasteiger partial charge in [0.05, 0.1) is 12.0 Å². The Labute approximate surface area is 91.8 Å². The summed E-state index contributed by atoms with van der Waals surface area (Å²) in [5.74, 6) is 0.178. The molecule has 0 aromatic carbocycles. The molecular formula is C11H12N2OS. The second-order valence-corrected chi connectivity index (χ2v) is 4.44. The van der Waals surface area contributed by atoms with Crippen molar-refractivity contribution in [2.75, 3.05) is 0 Å². The highest BCUT2D eigenvalue weighted by molar-refractivity contribution is 7.08. The maximum absolute atomic E-state index is 11.7. The Balaban J connectivity index is 2.67. The molecule has 0 bridgehead atoms. The van der Waals surface area contributed by atoms with Gasteiger partial charge in [-0.05, 0) is 17.4 Å². The maximum Gasteiger partial charge on any atom is 0.254 e. The highest BCUT2D eigenvalue weighted by atomic mass is 32.1. The first kappa shape index (κ1) is 10.1. The summed E-state index contributed by atoms with van der Waals surface area (Å²) >= 11 is 1.61. The predicted molar refractivity (Wildman–Crippen MR) is 62.3 cm³/mol. The third-order valence-electron chi connectivity index (χ3n) is 2.26. The minimum atomic E-state index is -0.0406. The van der Waals surface area contributed by atoms with Gasteiger partial charge >= 0.3 is 0 Å². The zero-order chi connectivity index (χ0) is 10.8. The summed E-state index contributed by atoms with van der Waals surface area (Å²) in [6, 6.07) is 1.98. The summed E-state index contributed by atoms with van der Waals surface area (Å²) in [6.07, 6.45) is 1.46. The third-order valence-corrected chi connectivity index (χ3v) is 2.94. The third kappa shape index (κ3) is 1.85. The van der Waals surface area contributed by atoms with Crippen molar-refractivity contribution in [3.8, 4) is 11.3 Å². The zero-order valence-corrected chi connectivity index (χ0v) is 9.47. The summed E-state index contributed by atoms with van der Waals surface area (Å²) in [5, 5.41) is 4.00. The molecule has 0 atom stereocenters. The number of H-pyrrole nitrogens is 1. The topological polar surface area (TPSA) is 45.8 Å². The fourth-order valence-corrected chi connectivity index (χ4v) is 2.22. The minimum Gasteiger partial charge on any atom is -0.313 e. The molecule has 2 aromatic heterocycles. The van der Waals surface area contributed by atoms with Crippen LogP contribution in [0.3, 0.4) is 0 Å². The van der Waals surface area contributed by atoms with Gasteiger partial charge in [-0.3, -0.25) is 4.79 Å². The highest BCUT2D eigenvalue weighted by Crippen LogP contribution is 2.25. The largest absolute Gasteiger partial charge is 0.313 e. The smallest absolute Gasteiger partial charge is 0.254 e. The summed E-state index contributed by atoms with van der Waals surface area (Å²) in [6.45, 7) is 4.00. The quantitative estimate of drug-likeness (QED) is 0.845. The molecule has 0 spiro atoms. The molecule has 0 aliphatic heterocycles. The first-order chi connectivity index (χ1) is 7.20. The lowest BCUT2D eigenvalue weighted by molar-refractivity contribution is 0.834. The molecule has 78 valence electrons. The van der Waals surface area contributed by atoms with Crippen LogP contribution in [0.2, 0.25) is 0 Å². The number of thiophene rings is 1. The lowest BCUT2D eigenvalue weighted by Gasteiger charge is -2.08. The number of rotatable bonds is 2. The van der Waals surface area contributed by atoms with Crippen LogP contribution < -0.4 is 5.56 Å². The van der Waals surface area contributed by atoms with Crippen molar-refractivity contribution in [3.63, 3.8) is 0 Å². The molecule has 15 heavy (non-hydrogen) atoms. The average molecular weight is 220 g/mol. The second-order valence-electron chi connectivity index (χ2n) is 3.66.